The highest BCUT2D eigenvalue weighted by Gasteiger charge is 2.08. The van der Waals surface area contributed by atoms with Crippen LogP contribution in [0.5, 0.6) is 11.5 Å². The molecule has 2 aromatic carbocycles. The van der Waals surface area contributed by atoms with E-state index in [0.29, 0.717) is 48.9 Å². The second-order valence-corrected chi connectivity index (χ2v) is 6.95. The van der Waals surface area contributed by atoms with Crippen molar-refractivity contribution in [3.63, 3.8) is 0 Å². The van der Waals surface area contributed by atoms with Gasteiger partial charge in [0.05, 0.1) is 13.2 Å². The minimum atomic E-state index is -0.481. The summed E-state index contributed by atoms with van der Waals surface area (Å²) >= 11 is 0. The number of hydrogen-bond donors (Lipinski definition) is 2. The van der Waals surface area contributed by atoms with Crippen LogP contribution in [-0.2, 0) is 14.3 Å². The summed E-state index contributed by atoms with van der Waals surface area (Å²) in [6, 6.07) is 13.3. The summed E-state index contributed by atoms with van der Waals surface area (Å²) in [5.74, 6) is 0.336. The number of esters is 1. The van der Waals surface area contributed by atoms with Crippen LogP contribution in [0.1, 0.15) is 40.5 Å². The zero-order chi connectivity index (χ0) is 25.2. The van der Waals surface area contributed by atoms with Gasteiger partial charge in [0.2, 0.25) is 0 Å². The summed E-state index contributed by atoms with van der Waals surface area (Å²) in [7, 11) is 1.64. The topological polar surface area (TPSA) is 129 Å². The zero-order valence-electron chi connectivity index (χ0n) is 19.5. The first-order valence-corrected chi connectivity index (χ1v) is 10.8. The Kier molecular flexibility index (Phi) is 14.6. The highest BCUT2D eigenvalue weighted by molar-refractivity contribution is 5.98. The summed E-state index contributed by atoms with van der Waals surface area (Å²) in [5, 5.41) is 17.2. The number of aliphatic hydroxyl groups excluding tert-OH is 2. The van der Waals surface area contributed by atoms with Crippen LogP contribution in [0.2, 0.25) is 0 Å². The van der Waals surface area contributed by atoms with Gasteiger partial charge in [-0.1, -0.05) is 0 Å². The molecule has 9 heteroatoms. The monoisotopic (exact) mass is 476 g/mol. The fourth-order valence-corrected chi connectivity index (χ4v) is 2.46. The van der Waals surface area contributed by atoms with Gasteiger partial charge in [0.15, 0.2) is 18.2 Å². The van der Waals surface area contributed by atoms with Crippen molar-refractivity contribution in [2.45, 2.75) is 19.8 Å². The van der Waals surface area contributed by atoms with E-state index in [1.54, 1.807) is 55.6 Å². The van der Waals surface area contributed by atoms with E-state index in [1.807, 2.05) is 0 Å². The number of ether oxygens (including phenoxy) is 4. The van der Waals surface area contributed by atoms with E-state index in [0.717, 1.165) is 6.42 Å². The van der Waals surface area contributed by atoms with Gasteiger partial charge in [-0.05, 0) is 48.5 Å². The summed E-state index contributed by atoms with van der Waals surface area (Å²) < 4.78 is 20.3. The van der Waals surface area contributed by atoms with Crippen LogP contribution in [0.4, 0.5) is 0 Å². The van der Waals surface area contributed by atoms with Gasteiger partial charge in [0.1, 0.15) is 18.1 Å². The highest BCUT2D eigenvalue weighted by atomic mass is 16.5. The van der Waals surface area contributed by atoms with E-state index in [1.165, 1.54) is 6.92 Å². The van der Waals surface area contributed by atoms with Crippen molar-refractivity contribution >= 4 is 17.5 Å². The minimum Gasteiger partial charge on any atom is -0.494 e. The third-order valence-corrected chi connectivity index (χ3v) is 4.24. The molecule has 0 unspecified atom stereocenters. The molecule has 186 valence electrons. The lowest BCUT2D eigenvalue weighted by Crippen LogP contribution is -2.11. The smallest absolute Gasteiger partial charge is 0.303 e. The number of benzene rings is 2. The molecule has 0 radical (unpaired) electrons. The second-order valence-electron chi connectivity index (χ2n) is 6.95. The molecule has 34 heavy (non-hydrogen) atoms. The van der Waals surface area contributed by atoms with E-state index in [2.05, 4.69) is 4.74 Å². The van der Waals surface area contributed by atoms with Crippen LogP contribution in [-0.4, -0.2) is 74.5 Å². The number of Topliss-reactive ketones (excluding diaryl/α,β-unsaturated/α-hetero) is 2. The summed E-state index contributed by atoms with van der Waals surface area (Å²) in [6.07, 6.45) is 1.39. The Bertz CT molecular complexity index is 861. The molecule has 0 aliphatic carbocycles. The van der Waals surface area contributed by atoms with Gasteiger partial charge in [-0.2, -0.15) is 0 Å². The Hall–Kier alpha value is -3.27. The normalized spacial score (nSPS) is 10.0. The molecule has 0 heterocycles. The lowest BCUT2D eigenvalue weighted by atomic mass is 10.1. The molecule has 0 amide bonds. The largest absolute Gasteiger partial charge is 0.494 e. The quantitative estimate of drug-likeness (QED) is 0.240. The van der Waals surface area contributed by atoms with Crippen LogP contribution >= 0.6 is 0 Å². The Labute approximate surface area is 199 Å². The third kappa shape index (κ3) is 12.1. The van der Waals surface area contributed by atoms with Crippen LogP contribution in [0.25, 0.3) is 0 Å². The fourth-order valence-electron chi connectivity index (χ4n) is 2.46. The second kappa shape index (κ2) is 17.2. The number of ketones is 2. The van der Waals surface area contributed by atoms with Crippen molar-refractivity contribution in [2.24, 2.45) is 0 Å². The van der Waals surface area contributed by atoms with Gasteiger partial charge in [-0.25, -0.2) is 0 Å². The number of carbonyl (C=O) groups is 3. The fraction of sp³-hybridized carbons (Fsp3) is 0.400. The molecule has 9 nitrogen and oxygen atoms in total. The molecule has 2 N–H and O–H groups in total. The molecule has 0 aliphatic heterocycles. The van der Waals surface area contributed by atoms with Gasteiger partial charge in [0.25, 0.3) is 0 Å². The number of methoxy groups -OCH3 is 1. The van der Waals surface area contributed by atoms with Gasteiger partial charge >= 0.3 is 5.97 Å². The molecule has 0 spiro atoms. The molecule has 0 aliphatic rings. The van der Waals surface area contributed by atoms with Crippen molar-refractivity contribution in [3.05, 3.63) is 59.7 Å². The first-order valence-electron chi connectivity index (χ1n) is 10.8. The number of hydrogen-bond acceptors (Lipinski definition) is 9. The standard InChI is InChI=1S/C14H18O5.C11H14O4/c1-11(15)19-10-14(16)12-4-6-13(7-5-12)18-9-3-8-17-2;12-6-1-7-15-10-4-2-9(3-5-10)11(14)8-13/h4-7H,3,8-10H2,1-2H3;2-5,12-13H,1,6-8H2. The molecule has 2 aromatic rings. The SMILES string of the molecule is COCCCOc1ccc(C(=O)COC(C)=O)cc1.O=C(CO)c1ccc(OCCCO)cc1. The van der Waals surface area contributed by atoms with Crippen molar-refractivity contribution in [2.75, 3.05) is 46.8 Å². The van der Waals surface area contributed by atoms with E-state index in [-0.39, 0.29) is 24.8 Å². The van der Waals surface area contributed by atoms with Crippen LogP contribution < -0.4 is 9.47 Å². The van der Waals surface area contributed by atoms with Crippen molar-refractivity contribution < 1.29 is 43.5 Å². The van der Waals surface area contributed by atoms with E-state index in [9.17, 15) is 14.4 Å². The Morgan fingerprint density at radius 2 is 1.24 bits per heavy atom. The predicted octanol–water partition coefficient (Wildman–Crippen LogP) is 2.47. The molecule has 2 rings (SSSR count). The molecular formula is C25H32O9. The number of carbonyl (C=O) groups excluding carboxylic acids is 3. The average molecular weight is 477 g/mol. The predicted molar refractivity (Wildman–Crippen MR) is 124 cm³/mol. The molecule has 0 atom stereocenters. The average Bonchev–Trinajstić information content (AvgIpc) is 2.86. The lowest BCUT2D eigenvalue weighted by Gasteiger charge is -2.06. The molecule has 0 aromatic heterocycles. The highest BCUT2D eigenvalue weighted by Crippen LogP contribution is 2.14. The Morgan fingerprint density at radius 1 is 0.735 bits per heavy atom. The summed E-state index contributed by atoms with van der Waals surface area (Å²) in [5.41, 5.74) is 0.956. The molecule has 0 fully saturated rings. The van der Waals surface area contributed by atoms with E-state index < -0.39 is 12.6 Å². The van der Waals surface area contributed by atoms with Crippen LogP contribution in [0.15, 0.2) is 48.5 Å². The van der Waals surface area contributed by atoms with Crippen molar-refractivity contribution in [1.82, 2.24) is 0 Å². The van der Waals surface area contributed by atoms with Crippen LogP contribution in [0.3, 0.4) is 0 Å². The summed E-state index contributed by atoms with van der Waals surface area (Å²) in [4.78, 5) is 33.3. The van der Waals surface area contributed by atoms with E-state index in [4.69, 9.17) is 24.4 Å². The summed E-state index contributed by atoms with van der Waals surface area (Å²) in [6.45, 7) is 2.32. The molecule has 0 bridgehead atoms. The maximum atomic E-state index is 11.6. The molecular weight excluding hydrogens is 444 g/mol. The Morgan fingerprint density at radius 3 is 1.68 bits per heavy atom. The van der Waals surface area contributed by atoms with Gasteiger partial charge < -0.3 is 29.2 Å². The van der Waals surface area contributed by atoms with Crippen LogP contribution in [0, 0.1) is 0 Å². The van der Waals surface area contributed by atoms with Gasteiger partial charge in [0, 0.05) is 51.2 Å². The number of rotatable bonds is 14. The Balaban J connectivity index is 0.000000350. The van der Waals surface area contributed by atoms with Crippen molar-refractivity contribution in [3.8, 4) is 11.5 Å². The first-order chi connectivity index (χ1) is 16.4. The zero-order valence-corrected chi connectivity index (χ0v) is 19.5. The van der Waals surface area contributed by atoms with Crippen molar-refractivity contribution in [1.29, 1.82) is 0 Å². The minimum absolute atomic E-state index is 0.0983. The van der Waals surface area contributed by atoms with E-state index >= 15 is 0 Å². The van der Waals surface area contributed by atoms with Gasteiger partial charge in [-0.3, -0.25) is 14.4 Å². The lowest BCUT2D eigenvalue weighted by molar-refractivity contribution is -0.139. The maximum Gasteiger partial charge on any atom is 0.303 e. The first kappa shape index (κ1) is 28.8. The third-order valence-electron chi connectivity index (χ3n) is 4.24. The maximum absolute atomic E-state index is 11.6. The molecule has 0 saturated heterocycles. The molecule has 0 saturated carbocycles. The van der Waals surface area contributed by atoms with Gasteiger partial charge in [-0.15, -0.1) is 0 Å². The number of aliphatic hydroxyl groups is 2.